The quantitative estimate of drug-likeness (QED) is 0.197. The first-order chi connectivity index (χ1) is 22.3. The summed E-state index contributed by atoms with van der Waals surface area (Å²) in [7, 11) is 0. The molecule has 0 spiro atoms. The second-order valence-electron chi connectivity index (χ2n) is 11.1. The highest BCUT2D eigenvalue weighted by atomic mass is 15.0. The van der Waals surface area contributed by atoms with Crippen LogP contribution in [0.2, 0.25) is 0 Å². The van der Waals surface area contributed by atoms with Crippen molar-refractivity contribution in [2.45, 2.75) is 0 Å². The smallest absolute Gasteiger partial charge is 0.160 e. The van der Waals surface area contributed by atoms with Crippen LogP contribution < -0.4 is 0 Å². The maximum atomic E-state index is 5.09. The van der Waals surface area contributed by atoms with Crippen LogP contribution in [0.4, 0.5) is 0 Å². The minimum Gasteiger partial charge on any atom is -0.316 e. The summed E-state index contributed by atoms with van der Waals surface area (Å²) in [5.41, 5.74) is 11.9. The number of hydrogen-bond donors (Lipinski definition) is 0. The molecule has 0 unspecified atom stereocenters. The summed E-state index contributed by atoms with van der Waals surface area (Å²) in [6.07, 6.45) is 2.26. The molecule has 0 radical (unpaired) electrons. The Bertz CT molecular complexity index is 2180. The third-order valence-corrected chi connectivity index (χ3v) is 8.24. The summed E-state index contributed by atoms with van der Waals surface area (Å²) in [6, 6.07) is 59.2. The zero-order valence-corrected chi connectivity index (χ0v) is 24.6. The molecule has 6 aromatic carbocycles. The summed E-state index contributed by atoms with van der Waals surface area (Å²) in [6.45, 7) is 0. The van der Waals surface area contributed by atoms with Crippen molar-refractivity contribution in [3.63, 3.8) is 0 Å². The minimum absolute atomic E-state index is 0.713. The molecule has 0 saturated heterocycles. The molecule has 0 aliphatic carbocycles. The molecule has 0 aliphatic rings. The Morgan fingerprint density at radius 2 is 0.933 bits per heavy atom. The van der Waals surface area contributed by atoms with Gasteiger partial charge in [-0.1, -0.05) is 133 Å². The normalized spacial score (nSPS) is 11.1. The van der Waals surface area contributed by atoms with E-state index in [1.807, 2.05) is 36.4 Å². The third kappa shape index (κ3) is 5.21. The fourth-order valence-electron chi connectivity index (χ4n) is 5.99. The zero-order valence-electron chi connectivity index (χ0n) is 24.6. The molecule has 0 N–H and O–H groups in total. The summed E-state index contributed by atoms with van der Waals surface area (Å²) in [5, 5.41) is 1.20. The Morgan fingerprint density at radius 1 is 0.378 bits per heavy atom. The number of para-hydroxylation sites is 1. The van der Waals surface area contributed by atoms with E-state index in [1.54, 1.807) is 0 Å². The minimum atomic E-state index is 0.713. The molecule has 2 aromatic heterocycles. The van der Waals surface area contributed by atoms with Gasteiger partial charge in [-0.3, -0.25) is 0 Å². The van der Waals surface area contributed by atoms with Crippen molar-refractivity contribution in [2.24, 2.45) is 0 Å². The molecule has 0 bridgehead atoms. The van der Waals surface area contributed by atoms with Gasteiger partial charge in [-0.05, 0) is 53.1 Å². The second-order valence-corrected chi connectivity index (χ2v) is 11.1. The molecular formula is C42H29N3. The molecule has 0 atom stereocenters. The summed E-state index contributed by atoms with van der Waals surface area (Å²) >= 11 is 0. The molecular weight excluding hydrogens is 546 g/mol. The van der Waals surface area contributed by atoms with E-state index in [2.05, 4.69) is 144 Å². The van der Waals surface area contributed by atoms with Gasteiger partial charge in [0.25, 0.3) is 0 Å². The lowest BCUT2D eigenvalue weighted by Crippen LogP contribution is -1.96. The maximum absolute atomic E-state index is 5.09. The molecule has 0 aliphatic heterocycles. The van der Waals surface area contributed by atoms with Gasteiger partial charge in [0, 0.05) is 39.5 Å². The van der Waals surface area contributed by atoms with E-state index in [1.165, 1.54) is 27.6 Å². The van der Waals surface area contributed by atoms with Crippen LogP contribution >= 0.6 is 0 Å². The summed E-state index contributed by atoms with van der Waals surface area (Å²) in [4.78, 5) is 10.1. The van der Waals surface area contributed by atoms with Crippen LogP contribution in [0.3, 0.4) is 0 Å². The van der Waals surface area contributed by atoms with E-state index >= 15 is 0 Å². The fourth-order valence-corrected chi connectivity index (χ4v) is 5.99. The first-order valence-electron chi connectivity index (χ1n) is 15.2. The molecule has 0 fully saturated rings. The van der Waals surface area contributed by atoms with Crippen LogP contribution in [0.25, 0.3) is 72.7 Å². The zero-order chi connectivity index (χ0) is 30.0. The van der Waals surface area contributed by atoms with Gasteiger partial charge < -0.3 is 4.57 Å². The lowest BCUT2D eigenvalue weighted by atomic mass is 9.98. The van der Waals surface area contributed by atoms with E-state index in [4.69, 9.17) is 9.97 Å². The van der Waals surface area contributed by atoms with E-state index in [0.29, 0.717) is 5.82 Å². The molecule has 8 aromatic rings. The van der Waals surface area contributed by atoms with E-state index in [-0.39, 0.29) is 0 Å². The largest absolute Gasteiger partial charge is 0.316 e. The van der Waals surface area contributed by atoms with Crippen LogP contribution in [-0.4, -0.2) is 14.5 Å². The Labute approximate surface area is 262 Å². The Kier molecular flexibility index (Phi) is 6.82. The van der Waals surface area contributed by atoms with Gasteiger partial charge in [0.05, 0.1) is 16.9 Å². The highest BCUT2D eigenvalue weighted by Gasteiger charge is 2.15. The molecule has 212 valence electrons. The Balaban J connectivity index is 1.30. The first-order valence-corrected chi connectivity index (χ1v) is 15.2. The first kappa shape index (κ1) is 26.6. The van der Waals surface area contributed by atoms with Crippen LogP contribution in [0.5, 0.6) is 0 Å². The van der Waals surface area contributed by atoms with Crippen molar-refractivity contribution in [3.05, 3.63) is 176 Å². The van der Waals surface area contributed by atoms with Crippen molar-refractivity contribution in [3.8, 4) is 61.8 Å². The summed E-state index contributed by atoms with van der Waals surface area (Å²) in [5.74, 6) is 0.713. The number of benzene rings is 6. The third-order valence-electron chi connectivity index (χ3n) is 8.24. The number of rotatable bonds is 6. The van der Waals surface area contributed by atoms with Crippen molar-refractivity contribution in [1.82, 2.24) is 14.5 Å². The highest BCUT2D eigenvalue weighted by molar-refractivity contribution is 6.00. The van der Waals surface area contributed by atoms with Gasteiger partial charge in [0.1, 0.15) is 0 Å². The predicted octanol–water partition coefficient (Wildman–Crippen LogP) is 10.8. The maximum Gasteiger partial charge on any atom is 0.160 e. The van der Waals surface area contributed by atoms with Crippen molar-refractivity contribution in [1.29, 1.82) is 0 Å². The van der Waals surface area contributed by atoms with Gasteiger partial charge >= 0.3 is 0 Å². The van der Waals surface area contributed by atoms with Gasteiger partial charge in [0.2, 0.25) is 0 Å². The van der Waals surface area contributed by atoms with Crippen molar-refractivity contribution < 1.29 is 0 Å². The molecule has 0 amide bonds. The topological polar surface area (TPSA) is 30.7 Å². The molecule has 8 rings (SSSR count). The van der Waals surface area contributed by atoms with Crippen LogP contribution in [0.1, 0.15) is 0 Å². The van der Waals surface area contributed by atoms with Crippen molar-refractivity contribution >= 4 is 10.9 Å². The average molecular weight is 576 g/mol. The number of aromatic nitrogens is 3. The fraction of sp³-hybridized carbons (Fsp3) is 0. The molecule has 45 heavy (non-hydrogen) atoms. The van der Waals surface area contributed by atoms with Crippen molar-refractivity contribution in [2.75, 3.05) is 0 Å². The standard InChI is InChI=1S/C42H29N3/c1-5-14-30(15-6-1)33-24-25-41-37(27-33)38(29-45(41)36-22-11-4-12-23-36)34-20-13-21-35(26-34)40-28-39(31-16-7-2-8-17-31)43-42(44-40)32-18-9-3-10-19-32/h1-29H. The van der Waals surface area contributed by atoms with Gasteiger partial charge in [-0.2, -0.15) is 0 Å². The van der Waals surface area contributed by atoms with Crippen LogP contribution in [-0.2, 0) is 0 Å². The molecule has 3 nitrogen and oxygen atoms in total. The Hall–Kier alpha value is -6.06. The lowest BCUT2D eigenvalue weighted by molar-refractivity contribution is 1.13. The number of fused-ring (bicyclic) bond motifs is 1. The lowest BCUT2D eigenvalue weighted by Gasteiger charge is -2.10. The average Bonchev–Trinajstić information content (AvgIpc) is 3.52. The monoisotopic (exact) mass is 575 g/mol. The van der Waals surface area contributed by atoms with E-state index in [0.717, 1.165) is 39.3 Å². The number of nitrogens with zero attached hydrogens (tertiary/aromatic N) is 3. The predicted molar refractivity (Wildman–Crippen MR) is 186 cm³/mol. The van der Waals surface area contributed by atoms with E-state index in [9.17, 15) is 0 Å². The molecule has 2 heterocycles. The Morgan fingerprint density at radius 3 is 1.62 bits per heavy atom. The second kappa shape index (κ2) is 11.6. The van der Waals surface area contributed by atoms with Gasteiger partial charge in [0.15, 0.2) is 5.82 Å². The summed E-state index contributed by atoms with van der Waals surface area (Å²) < 4.78 is 2.29. The van der Waals surface area contributed by atoms with Crippen LogP contribution in [0.15, 0.2) is 176 Å². The molecule has 3 heteroatoms. The SMILES string of the molecule is c1ccc(-c2ccc3c(c2)c(-c2cccc(-c4cc(-c5ccccc5)nc(-c5ccccc5)n4)c2)cn3-c2ccccc2)cc1. The van der Waals surface area contributed by atoms with Crippen LogP contribution in [0, 0.1) is 0 Å². The highest BCUT2D eigenvalue weighted by Crippen LogP contribution is 2.37. The molecule has 0 saturated carbocycles. The number of hydrogen-bond acceptors (Lipinski definition) is 2. The van der Waals surface area contributed by atoms with E-state index < -0.39 is 0 Å². The van der Waals surface area contributed by atoms with Gasteiger partial charge in [-0.15, -0.1) is 0 Å². The van der Waals surface area contributed by atoms with Gasteiger partial charge in [-0.25, -0.2) is 9.97 Å².